The van der Waals surface area contributed by atoms with Crippen molar-refractivity contribution in [3.63, 3.8) is 0 Å². The molecule has 0 saturated heterocycles. The summed E-state index contributed by atoms with van der Waals surface area (Å²) in [4.78, 5) is 12.2. The molecule has 33 heavy (non-hydrogen) atoms. The predicted octanol–water partition coefficient (Wildman–Crippen LogP) is 4.14. The molecule has 0 aliphatic rings. The molecule has 0 bridgehead atoms. The van der Waals surface area contributed by atoms with Gasteiger partial charge in [0.15, 0.2) is 0 Å². The number of ether oxygens (including phenoxy) is 1. The van der Waals surface area contributed by atoms with Crippen LogP contribution in [-0.4, -0.2) is 37.9 Å². The molecule has 2 aromatic carbocycles. The molecule has 0 N–H and O–H groups in total. The standard InChI is InChI=1S/C25H29N3O4S/c1-4-6-13-33(30,31)28(18-25(29)32-5-2)22-11-12-24-21(15-22)16-23(27(24)3)14-19-7-9-20(17-26)10-8-19/h7-12,15-16H,4-6,13-14,18H2,1-3H3. The molecule has 7 nitrogen and oxygen atoms in total. The zero-order valence-electron chi connectivity index (χ0n) is 19.2. The third-order valence-corrected chi connectivity index (χ3v) is 7.37. The molecule has 0 radical (unpaired) electrons. The minimum absolute atomic E-state index is 0.0281. The summed E-state index contributed by atoms with van der Waals surface area (Å²) in [6.45, 7) is 3.46. The van der Waals surface area contributed by atoms with Gasteiger partial charge in [-0.2, -0.15) is 5.26 Å². The lowest BCUT2D eigenvalue weighted by Gasteiger charge is -2.23. The van der Waals surface area contributed by atoms with Crippen LogP contribution in [0.1, 0.15) is 43.5 Å². The number of unbranched alkanes of at least 4 members (excludes halogenated alkanes) is 1. The van der Waals surface area contributed by atoms with E-state index in [0.717, 1.165) is 32.9 Å². The molecule has 1 heterocycles. The summed E-state index contributed by atoms with van der Waals surface area (Å²) in [5, 5.41) is 9.88. The fraction of sp³-hybridized carbons (Fsp3) is 0.360. The maximum atomic E-state index is 13.0. The minimum Gasteiger partial charge on any atom is -0.465 e. The lowest BCUT2D eigenvalue weighted by atomic mass is 10.1. The summed E-state index contributed by atoms with van der Waals surface area (Å²) in [5.41, 5.74) is 4.15. The van der Waals surface area contributed by atoms with Crippen LogP contribution in [0.25, 0.3) is 10.9 Å². The molecule has 0 saturated carbocycles. The SMILES string of the molecule is CCCCS(=O)(=O)N(CC(=O)OCC)c1ccc2c(c1)cc(Cc1ccc(C#N)cc1)n2C. The van der Waals surface area contributed by atoms with Crippen LogP contribution in [0.15, 0.2) is 48.5 Å². The highest BCUT2D eigenvalue weighted by Crippen LogP contribution is 2.28. The molecule has 8 heteroatoms. The number of benzene rings is 2. The Labute approximate surface area is 195 Å². The average molecular weight is 468 g/mol. The van der Waals surface area contributed by atoms with Crippen molar-refractivity contribution in [1.29, 1.82) is 5.26 Å². The Kier molecular flexibility index (Phi) is 7.77. The second kappa shape index (κ2) is 10.5. The predicted molar refractivity (Wildman–Crippen MR) is 130 cm³/mol. The number of hydrogen-bond acceptors (Lipinski definition) is 5. The second-order valence-corrected chi connectivity index (χ2v) is 9.92. The summed E-state index contributed by atoms with van der Waals surface area (Å²) in [5.74, 6) is -0.605. The molecular formula is C25H29N3O4S. The summed E-state index contributed by atoms with van der Waals surface area (Å²) in [6.07, 6.45) is 1.93. The van der Waals surface area contributed by atoms with Crippen molar-refractivity contribution in [2.45, 2.75) is 33.1 Å². The Morgan fingerprint density at radius 3 is 2.48 bits per heavy atom. The number of anilines is 1. The molecule has 0 unspecified atom stereocenters. The average Bonchev–Trinajstić information content (AvgIpc) is 3.11. The van der Waals surface area contributed by atoms with Crippen LogP contribution in [0.2, 0.25) is 0 Å². The number of carbonyl (C=O) groups is 1. The third-order valence-electron chi connectivity index (χ3n) is 5.55. The van der Waals surface area contributed by atoms with Crippen LogP contribution in [0.3, 0.4) is 0 Å². The number of esters is 1. The van der Waals surface area contributed by atoms with Crippen LogP contribution >= 0.6 is 0 Å². The van der Waals surface area contributed by atoms with Crippen molar-refractivity contribution in [2.24, 2.45) is 7.05 Å². The molecule has 1 aromatic heterocycles. The summed E-state index contributed by atoms with van der Waals surface area (Å²) in [6, 6.07) is 17.0. The van der Waals surface area contributed by atoms with Crippen molar-refractivity contribution in [2.75, 3.05) is 23.2 Å². The number of carbonyl (C=O) groups excluding carboxylic acids is 1. The van der Waals surface area contributed by atoms with Crippen molar-refractivity contribution < 1.29 is 17.9 Å². The molecule has 3 aromatic rings. The van der Waals surface area contributed by atoms with Crippen molar-refractivity contribution in [3.8, 4) is 6.07 Å². The van der Waals surface area contributed by atoms with E-state index in [4.69, 9.17) is 10.00 Å². The first kappa shape index (κ1) is 24.3. The van der Waals surface area contributed by atoms with Gasteiger partial charge < -0.3 is 9.30 Å². The zero-order chi connectivity index (χ0) is 24.0. The number of nitriles is 1. The van der Waals surface area contributed by atoms with Gasteiger partial charge in [-0.05, 0) is 55.3 Å². The Morgan fingerprint density at radius 1 is 1.12 bits per heavy atom. The van der Waals surface area contributed by atoms with E-state index in [1.54, 1.807) is 31.2 Å². The van der Waals surface area contributed by atoms with Crippen LogP contribution in [0.4, 0.5) is 5.69 Å². The van der Waals surface area contributed by atoms with E-state index in [1.165, 1.54) is 0 Å². The Bertz CT molecular complexity index is 1270. The maximum Gasteiger partial charge on any atom is 0.326 e. The zero-order valence-corrected chi connectivity index (χ0v) is 20.1. The van der Waals surface area contributed by atoms with Crippen molar-refractivity contribution in [3.05, 3.63) is 65.4 Å². The molecule has 0 fully saturated rings. The van der Waals surface area contributed by atoms with Crippen LogP contribution in [-0.2, 0) is 33.0 Å². The van der Waals surface area contributed by atoms with E-state index in [2.05, 4.69) is 10.6 Å². The number of hydrogen-bond donors (Lipinski definition) is 0. The highest BCUT2D eigenvalue weighted by molar-refractivity contribution is 7.92. The lowest BCUT2D eigenvalue weighted by Crippen LogP contribution is -2.38. The maximum absolute atomic E-state index is 13.0. The highest BCUT2D eigenvalue weighted by Gasteiger charge is 2.26. The van der Waals surface area contributed by atoms with Crippen LogP contribution in [0, 0.1) is 11.3 Å². The fourth-order valence-electron chi connectivity index (χ4n) is 3.74. The van der Waals surface area contributed by atoms with Gasteiger partial charge in [0.05, 0.1) is 29.7 Å². The monoisotopic (exact) mass is 467 g/mol. The summed E-state index contributed by atoms with van der Waals surface area (Å²) < 4.78 is 34.3. The third kappa shape index (κ3) is 5.74. The molecule has 3 rings (SSSR count). The molecule has 0 amide bonds. The van der Waals surface area contributed by atoms with Gasteiger partial charge in [-0.1, -0.05) is 25.5 Å². The first-order valence-corrected chi connectivity index (χ1v) is 12.6. The van der Waals surface area contributed by atoms with Gasteiger partial charge in [0.25, 0.3) is 0 Å². The molecule has 0 aliphatic heterocycles. The van der Waals surface area contributed by atoms with E-state index < -0.39 is 16.0 Å². The smallest absolute Gasteiger partial charge is 0.326 e. The molecule has 0 spiro atoms. The number of fused-ring (bicyclic) bond motifs is 1. The van der Waals surface area contributed by atoms with Crippen LogP contribution in [0.5, 0.6) is 0 Å². The summed E-state index contributed by atoms with van der Waals surface area (Å²) >= 11 is 0. The molecule has 174 valence electrons. The number of rotatable bonds is 10. The quantitative estimate of drug-likeness (QED) is 0.418. The normalized spacial score (nSPS) is 11.3. The number of aromatic nitrogens is 1. The van der Waals surface area contributed by atoms with Crippen molar-refractivity contribution >= 4 is 32.6 Å². The molecule has 0 aliphatic carbocycles. The van der Waals surface area contributed by atoms with E-state index in [1.807, 2.05) is 38.2 Å². The largest absolute Gasteiger partial charge is 0.465 e. The Balaban J connectivity index is 1.96. The first-order chi connectivity index (χ1) is 15.8. The summed E-state index contributed by atoms with van der Waals surface area (Å²) in [7, 11) is -1.71. The van der Waals surface area contributed by atoms with Crippen LogP contribution < -0.4 is 4.31 Å². The fourth-order valence-corrected chi connectivity index (χ4v) is 5.35. The number of nitrogens with zero attached hydrogens (tertiary/aromatic N) is 3. The van der Waals surface area contributed by atoms with Gasteiger partial charge >= 0.3 is 5.97 Å². The van der Waals surface area contributed by atoms with Gasteiger partial charge in [0, 0.05) is 30.1 Å². The van der Waals surface area contributed by atoms with E-state index in [9.17, 15) is 13.2 Å². The minimum atomic E-state index is -3.68. The van der Waals surface area contributed by atoms with E-state index in [0.29, 0.717) is 24.1 Å². The highest BCUT2D eigenvalue weighted by atomic mass is 32.2. The number of sulfonamides is 1. The molecule has 0 atom stereocenters. The van der Waals surface area contributed by atoms with E-state index in [-0.39, 0.29) is 18.9 Å². The number of aryl methyl sites for hydroxylation is 1. The van der Waals surface area contributed by atoms with E-state index >= 15 is 0 Å². The van der Waals surface area contributed by atoms with Gasteiger partial charge in [-0.15, -0.1) is 0 Å². The lowest BCUT2D eigenvalue weighted by molar-refractivity contribution is -0.141. The Morgan fingerprint density at radius 2 is 1.85 bits per heavy atom. The van der Waals surface area contributed by atoms with Gasteiger partial charge in [0.2, 0.25) is 10.0 Å². The van der Waals surface area contributed by atoms with Crippen molar-refractivity contribution in [1.82, 2.24) is 4.57 Å². The van der Waals surface area contributed by atoms with Gasteiger partial charge in [0.1, 0.15) is 6.54 Å². The Hall–Kier alpha value is -3.31. The molecular weight excluding hydrogens is 438 g/mol. The van der Waals surface area contributed by atoms with Gasteiger partial charge in [-0.25, -0.2) is 8.42 Å². The van der Waals surface area contributed by atoms with Gasteiger partial charge in [-0.3, -0.25) is 9.10 Å². The second-order valence-electron chi connectivity index (χ2n) is 7.90. The first-order valence-electron chi connectivity index (χ1n) is 11.0. The topological polar surface area (TPSA) is 92.4 Å².